The number of nitrogens with zero attached hydrogens (tertiary/aromatic N) is 1. The molecular weight excluding hydrogens is 335 g/mol. The summed E-state index contributed by atoms with van der Waals surface area (Å²) in [4.78, 5) is 25.2. The van der Waals surface area contributed by atoms with Crippen LogP contribution in [0, 0.1) is 0 Å². The summed E-state index contributed by atoms with van der Waals surface area (Å²) in [6.45, 7) is 0. The van der Waals surface area contributed by atoms with Gasteiger partial charge in [-0.3, -0.25) is 4.79 Å². The zero-order valence-electron chi connectivity index (χ0n) is 13.1. The highest BCUT2D eigenvalue weighted by atomic mass is 19.4. The zero-order chi connectivity index (χ0) is 18.2. The van der Waals surface area contributed by atoms with E-state index in [1.807, 2.05) is 0 Å². The van der Waals surface area contributed by atoms with Gasteiger partial charge in [0.15, 0.2) is 0 Å². The predicted octanol–water partition coefficient (Wildman–Crippen LogP) is 3.87. The summed E-state index contributed by atoms with van der Waals surface area (Å²) in [7, 11) is 1.68. The summed E-state index contributed by atoms with van der Waals surface area (Å²) >= 11 is 0. The summed E-state index contributed by atoms with van der Waals surface area (Å²) in [6.07, 6.45) is -4.16. The van der Waals surface area contributed by atoms with Crippen molar-refractivity contribution < 1.29 is 22.8 Å². The van der Waals surface area contributed by atoms with Crippen molar-refractivity contribution in [1.29, 1.82) is 0 Å². The minimum Gasteiger partial charge on any atom is -0.315 e. The number of likely N-dealkylation sites (N-methyl/N-ethyl adjacent to an activating group) is 1. The van der Waals surface area contributed by atoms with Gasteiger partial charge < -0.3 is 15.5 Å². The lowest BCUT2D eigenvalue weighted by Crippen LogP contribution is -2.20. The lowest BCUT2D eigenvalue weighted by atomic mass is 10.1. The Kier molecular flexibility index (Phi) is 4.12. The van der Waals surface area contributed by atoms with Crippen molar-refractivity contribution >= 4 is 29.0 Å². The van der Waals surface area contributed by atoms with Gasteiger partial charge in [0.1, 0.15) is 0 Å². The first-order valence-corrected chi connectivity index (χ1v) is 7.39. The lowest BCUT2D eigenvalue weighted by molar-refractivity contribution is -0.137. The number of carbonyl (C=O) groups excluding carboxylic acids is 2. The molecule has 5 nitrogen and oxygen atoms in total. The highest BCUT2D eigenvalue weighted by molar-refractivity contribution is 6.03. The first kappa shape index (κ1) is 16.8. The Hall–Kier alpha value is -3.03. The average molecular weight is 349 g/mol. The largest absolute Gasteiger partial charge is 0.416 e. The number of halogens is 3. The molecule has 0 saturated heterocycles. The van der Waals surface area contributed by atoms with E-state index in [9.17, 15) is 22.8 Å². The number of hydrogen-bond donors (Lipinski definition) is 2. The van der Waals surface area contributed by atoms with Crippen LogP contribution in [0.3, 0.4) is 0 Å². The van der Waals surface area contributed by atoms with E-state index in [1.54, 1.807) is 30.1 Å². The third-order valence-corrected chi connectivity index (χ3v) is 3.88. The van der Waals surface area contributed by atoms with E-state index in [4.69, 9.17) is 0 Å². The van der Waals surface area contributed by atoms with Crippen LogP contribution in [0.2, 0.25) is 0 Å². The summed E-state index contributed by atoms with van der Waals surface area (Å²) in [5.74, 6) is -0.0265. The number of nitrogens with one attached hydrogen (secondary N) is 2. The van der Waals surface area contributed by atoms with E-state index in [2.05, 4.69) is 10.6 Å². The third kappa shape index (κ3) is 3.57. The van der Waals surface area contributed by atoms with Crippen LogP contribution >= 0.6 is 0 Å². The van der Waals surface area contributed by atoms with Crippen LogP contribution in [0.15, 0.2) is 42.5 Å². The Labute approximate surface area is 141 Å². The molecule has 0 spiro atoms. The number of hydrogen-bond acceptors (Lipinski definition) is 2. The average Bonchev–Trinajstić information content (AvgIpc) is 2.81. The minimum absolute atomic E-state index is 0.0265. The molecule has 0 aromatic heterocycles. The smallest absolute Gasteiger partial charge is 0.315 e. The number of fused-ring (bicyclic) bond motifs is 1. The van der Waals surface area contributed by atoms with Gasteiger partial charge in [0, 0.05) is 24.1 Å². The molecule has 2 aromatic carbocycles. The van der Waals surface area contributed by atoms with Gasteiger partial charge in [-0.1, -0.05) is 0 Å². The number of anilines is 3. The van der Waals surface area contributed by atoms with E-state index < -0.39 is 17.8 Å². The molecule has 8 heteroatoms. The van der Waals surface area contributed by atoms with E-state index in [0.717, 1.165) is 23.4 Å². The number of rotatable bonds is 2. The van der Waals surface area contributed by atoms with Crippen LogP contribution in [0.4, 0.5) is 35.0 Å². The normalized spacial score (nSPS) is 13.6. The molecule has 0 saturated carbocycles. The molecule has 0 aliphatic carbocycles. The van der Waals surface area contributed by atoms with Gasteiger partial charge in [0.25, 0.3) is 0 Å². The summed E-state index contributed by atoms with van der Waals surface area (Å²) in [6, 6.07) is 8.64. The molecule has 2 N–H and O–H groups in total. The van der Waals surface area contributed by atoms with Crippen molar-refractivity contribution in [1.82, 2.24) is 0 Å². The van der Waals surface area contributed by atoms with Crippen LogP contribution < -0.4 is 15.5 Å². The monoisotopic (exact) mass is 349 g/mol. The maximum absolute atomic E-state index is 12.5. The Balaban J connectivity index is 1.65. The Morgan fingerprint density at radius 1 is 1.04 bits per heavy atom. The fourth-order valence-electron chi connectivity index (χ4n) is 2.58. The van der Waals surface area contributed by atoms with Gasteiger partial charge in [-0.2, -0.15) is 13.2 Å². The fraction of sp³-hybridized carbons (Fsp3) is 0.176. The Morgan fingerprint density at radius 2 is 1.64 bits per heavy atom. The first-order valence-electron chi connectivity index (χ1n) is 7.39. The number of alkyl halides is 3. The third-order valence-electron chi connectivity index (χ3n) is 3.88. The SMILES string of the molecule is CN1C(=O)Cc2cc(NC(=O)Nc3ccc(C(F)(F)F)cc3)ccc21. The van der Waals surface area contributed by atoms with Crippen LogP contribution in [-0.2, 0) is 17.4 Å². The Morgan fingerprint density at radius 3 is 2.28 bits per heavy atom. The number of amides is 3. The molecule has 0 radical (unpaired) electrons. The summed E-state index contributed by atoms with van der Waals surface area (Å²) < 4.78 is 37.5. The lowest BCUT2D eigenvalue weighted by Gasteiger charge is -2.12. The van der Waals surface area contributed by atoms with Gasteiger partial charge in [-0.15, -0.1) is 0 Å². The molecule has 0 atom stereocenters. The first-order chi connectivity index (χ1) is 11.7. The molecule has 130 valence electrons. The topological polar surface area (TPSA) is 61.4 Å². The molecule has 2 aromatic rings. The molecule has 0 fully saturated rings. The molecule has 1 aliphatic heterocycles. The summed E-state index contributed by atoms with van der Waals surface area (Å²) in [5, 5.41) is 5.05. The standard InChI is InChI=1S/C17H14F3N3O2/c1-23-14-7-6-13(8-10(14)9-15(23)24)22-16(25)21-12-4-2-11(3-5-12)17(18,19)20/h2-8H,9H2,1H3,(H2,21,22,25). The van der Waals surface area contributed by atoms with Crippen LogP contribution in [0.5, 0.6) is 0 Å². The quantitative estimate of drug-likeness (QED) is 0.865. The maximum atomic E-state index is 12.5. The number of carbonyl (C=O) groups is 2. The van der Waals surface area contributed by atoms with Crippen molar-refractivity contribution in [3.63, 3.8) is 0 Å². The van der Waals surface area contributed by atoms with E-state index >= 15 is 0 Å². The van der Waals surface area contributed by atoms with Gasteiger partial charge in [-0.05, 0) is 48.0 Å². The molecule has 3 rings (SSSR count). The van der Waals surface area contributed by atoms with E-state index in [1.165, 1.54) is 12.1 Å². The van der Waals surface area contributed by atoms with Gasteiger partial charge in [-0.25, -0.2) is 4.79 Å². The predicted molar refractivity (Wildman–Crippen MR) is 87.6 cm³/mol. The Bertz CT molecular complexity index is 832. The minimum atomic E-state index is -4.42. The molecule has 0 unspecified atom stereocenters. The second-order valence-corrected chi connectivity index (χ2v) is 5.63. The van der Waals surface area contributed by atoms with Gasteiger partial charge in [0.05, 0.1) is 12.0 Å². The van der Waals surface area contributed by atoms with E-state index in [-0.39, 0.29) is 18.0 Å². The fourth-order valence-corrected chi connectivity index (χ4v) is 2.58. The van der Waals surface area contributed by atoms with Crippen LogP contribution in [0.1, 0.15) is 11.1 Å². The highest BCUT2D eigenvalue weighted by Crippen LogP contribution is 2.31. The van der Waals surface area contributed by atoms with Crippen LogP contribution in [-0.4, -0.2) is 19.0 Å². The molecule has 0 bridgehead atoms. The summed E-state index contributed by atoms with van der Waals surface area (Å²) in [5.41, 5.74) is 1.54. The molecule has 3 amide bonds. The number of urea groups is 1. The zero-order valence-corrected chi connectivity index (χ0v) is 13.1. The van der Waals surface area contributed by atoms with E-state index in [0.29, 0.717) is 5.69 Å². The molecule has 1 heterocycles. The van der Waals surface area contributed by atoms with Crippen molar-refractivity contribution in [2.45, 2.75) is 12.6 Å². The molecule has 25 heavy (non-hydrogen) atoms. The van der Waals surface area contributed by atoms with Gasteiger partial charge in [0.2, 0.25) is 5.91 Å². The van der Waals surface area contributed by atoms with Crippen molar-refractivity contribution in [2.75, 3.05) is 22.6 Å². The van der Waals surface area contributed by atoms with Crippen LogP contribution in [0.25, 0.3) is 0 Å². The van der Waals surface area contributed by atoms with Crippen molar-refractivity contribution in [3.05, 3.63) is 53.6 Å². The second kappa shape index (κ2) is 6.12. The molecule has 1 aliphatic rings. The second-order valence-electron chi connectivity index (χ2n) is 5.63. The molecular formula is C17H14F3N3O2. The number of benzene rings is 2. The van der Waals surface area contributed by atoms with Crippen molar-refractivity contribution in [2.24, 2.45) is 0 Å². The van der Waals surface area contributed by atoms with Crippen molar-refractivity contribution in [3.8, 4) is 0 Å². The highest BCUT2D eigenvalue weighted by Gasteiger charge is 2.30. The van der Waals surface area contributed by atoms with Gasteiger partial charge >= 0.3 is 12.2 Å². The maximum Gasteiger partial charge on any atom is 0.416 e.